The molecule has 0 unspecified atom stereocenters. The van der Waals surface area contributed by atoms with Gasteiger partial charge >= 0.3 is 0 Å². The Morgan fingerprint density at radius 1 is 1.00 bits per heavy atom. The third-order valence-electron chi connectivity index (χ3n) is 5.73. The van der Waals surface area contributed by atoms with Crippen molar-refractivity contribution in [2.45, 2.75) is 38.1 Å². The number of ether oxygens (including phenoxy) is 1. The summed E-state index contributed by atoms with van der Waals surface area (Å²) < 4.78 is 33.1. The van der Waals surface area contributed by atoms with E-state index in [1.54, 1.807) is 12.1 Å². The van der Waals surface area contributed by atoms with Crippen molar-refractivity contribution in [3.8, 4) is 5.75 Å². The van der Waals surface area contributed by atoms with Crippen molar-refractivity contribution < 1.29 is 17.9 Å². The van der Waals surface area contributed by atoms with Gasteiger partial charge in [-0.15, -0.1) is 0 Å². The van der Waals surface area contributed by atoms with Crippen molar-refractivity contribution in [1.29, 1.82) is 0 Å². The molecular weight excluding hydrogens is 436 g/mol. The molecule has 1 heterocycles. The number of carbonyl (C=O) groups excluding carboxylic acids is 1. The number of hydrogen-bond acceptors (Lipinski definition) is 4. The van der Waals surface area contributed by atoms with Gasteiger partial charge in [0.2, 0.25) is 15.9 Å². The second-order valence-corrected chi connectivity index (χ2v) is 10.1. The van der Waals surface area contributed by atoms with Crippen molar-refractivity contribution in [2.24, 2.45) is 0 Å². The van der Waals surface area contributed by atoms with Crippen LogP contribution in [-0.2, 0) is 34.2 Å². The smallest absolute Gasteiger partial charge is 0.243 e. The predicted octanol–water partition coefficient (Wildman–Crippen LogP) is 4.32. The monoisotopic (exact) mass is 464 g/mol. The molecule has 3 aromatic rings. The van der Waals surface area contributed by atoms with E-state index < -0.39 is 10.0 Å². The number of nitrogens with one attached hydrogen (secondary N) is 1. The second kappa shape index (κ2) is 9.77. The average molecular weight is 465 g/mol. The molecule has 0 atom stereocenters. The average Bonchev–Trinajstić information content (AvgIpc) is 2.80. The molecule has 0 fully saturated rings. The lowest BCUT2D eigenvalue weighted by atomic mass is 10.0. The van der Waals surface area contributed by atoms with Gasteiger partial charge in [0.05, 0.1) is 17.9 Å². The van der Waals surface area contributed by atoms with Gasteiger partial charge in [-0.05, 0) is 73.4 Å². The number of benzene rings is 3. The van der Waals surface area contributed by atoms with Gasteiger partial charge < -0.3 is 10.1 Å². The SMILES string of the molecule is CCOc1ccc(CC(=O)Nc2ccc3c(c2)CN(S(=O)(=O)c2ccc(C)cc2)CC3)cc1. The third kappa shape index (κ3) is 5.43. The van der Waals surface area contributed by atoms with Crippen LogP contribution in [-0.4, -0.2) is 31.8 Å². The van der Waals surface area contributed by atoms with Gasteiger partial charge in [0.15, 0.2) is 0 Å². The summed E-state index contributed by atoms with van der Waals surface area (Å²) in [6.45, 7) is 5.18. The molecule has 1 aliphatic rings. The zero-order valence-electron chi connectivity index (χ0n) is 18.9. The number of hydrogen-bond donors (Lipinski definition) is 1. The molecule has 0 aliphatic carbocycles. The summed E-state index contributed by atoms with van der Waals surface area (Å²) in [5.74, 6) is 0.653. The second-order valence-electron chi connectivity index (χ2n) is 8.19. The van der Waals surface area contributed by atoms with E-state index in [9.17, 15) is 13.2 Å². The van der Waals surface area contributed by atoms with Gasteiger partial charge in [-0.25, -0.2) is 8.42 Å². The minimum atomic E-state index is -3.57. The van der Waals surface area contributed by atoms with Gasteiger partial charge in [-0.2, -0.15) is 4.31 Å². The molecule has 7 heteroatoms. The van der Waals surface area contributed by atoms with E-state index in [-0.39, 0.29) is 18.9 Å². The van der Waals surface area contributed by atoms with Crippen molar-refractivity contribution in [3.05, 3.63) is 89.0 Å². The van der Waals surface area contributed by atoms with Gasteiger partial charge in [-0.1, -0.05) is 35.9 Å². The number of nitrogens with zero attached hydrogens (tertiary/aromatic N) is 1. The van der Waals surface area contributed by atoms with Crippen LogP contribution in [0, 0.1) is 6.92 Å². The molecule has 172 valence electrons. The molecule has 1 amide bonds. The highest BCUT2D eigenvalue weighted by Crippen LogP contribution is 2.27. The maximum absolute atomic E-state index is 13.1. The first-order chi connectivity index (χ1) is 15.8. The van der Waals surface area contributed by atoms with Crippen LogP contribution >= 0.6 is 0 Å². The molecule has 0 bridgehead atoms. The lowest BCUT2D eigenvalue weighted by Crippen LogP contribution is -2.36. The Hall–Kier alpha value is -3.16. The fraction of sp³-hybridized carbons (Fsp3) is 0.269. The third-order valence-corrected chi connectivity index (χ3v) is 7.58. The molecule has 0 aromatic heterocycles. The van der Waals surface area contributed by atoms with E-state index >= 15 is 0 Å². The summed E-state index contributed by atoms with van der Waals surface area (Å²) in [7, 11) is -3.57. The molecule has 0 spiro atoms. The highest BCUT2D eigenvalue weighted by Gasteiger charge is 2.28. The Morgan fingerprint density at radius 2 is 1.73 bits per heavy atom. The largest absolute Gasteiger partial charge is 0.494 e. The topological polar surface area (TPSA) is 75.7 Å². The normalized spacial score (nSPS) is 13.9. The zero-order chi connectivity index (χ0) is 23.4. The van der Waals surface area contributed by atoms with Crippen LogP contribution in [0.4, 0.5) is 5.69 Å². The zero-order valence-corrected chi connectivity index (χ0v) is 19.7. The van der Waals surface area contributed by atoms with Gasteiger partial charge in [0.25, 0.3) is 0 Å². The first-order valence-corrected chi connectivity index (χ1v) is 12.5. The number of aryl methyl sites for hydroxylation is 1. The fourth-order valence-electron chi connectivity index (χ4n) is 3.93. The van der Waals surface area contributed by atoms with Gasteiger partial charge in [0, 0.05) is 18.8 Å². The Bertz CT molecular complexity index is 1240. The summed E-state index contributed by atoms with van der Waals surface area (Å²) in [6, 6.07) is 20.1. The Morgan fingerprint density at radius 3 is 2.42 bits per heavy atom. The highest BCUT2D eigenvalue weighted by molar-refractivity contribution is 7.89. The van der Waals surface area contributed by atoms with Crippen molar-refractivity contribution in [1.82, 2.24) is 4.31 Å². The molecule has 1 N–H and O–H groups in total. The molecule has 0 saturated heterocycles. The molecule has 33 heavy (non-hydrogen) atoms. The van der Waals surface area contributed by atoms with E-state index in [2.05, 4.69) is 5.32 Å². The van der Waals surface area contributed by atoms with Crippen LogP contribution in [0.3, 0.4) is 0 Å². The fourth-order valence-corrected chi connectivity index (χ4v) is 5.35. The van der Waals surface area contributed by atoms with E-state index in [1.165, 1.54) is 4.31 Å². The quantitative estimate of drug-likeness (QED) is 0.565. The lowest BCUT2D eigenvalue weighted by molar-refractivity contribution is -0.115. The maximum Gasteiger partial charge on any atom is 0.243 e. The molecule has 6 nitrogen and oxygen atoms in total. The van der Waals surface area contributed by atoms with E-state index in [0.717, 1.165) is 28.0 Å². The molecule has 0 saturated carbocycles. The van der Waals surface area contributed by atoms with Crippen molar-refractivity contribution in [2.75, 3.05) is 18.5 Å². The first kappa shape index (κ1) is 23.0. The van der Waals surface area contributed by atoms with Gasteiger partial charge in [-0.3, -0.25) is 4.79 Å². The summed E-state index contributed by atoms with van der Waals surface area (Å²) in [5.41, 5.74) is 4.60. The molecular formula is C26H28N2O4S. The maximum atomic E-state index is 13.1. The number of rotatable bonds is 7. The summed E-state index contributed by atoms with van der Waals surface area (Å²) >= 11 is 0. The minimum absolute atomic E-state index is 0.126. The van der Waals surface area contributed by atoms with Crippen LogP contribution < -0.4 is 10.1 Å². The first-order valence-electron chi connectivity index (χ1n) is 11.1. The van der Waals surface area contributed by atoms with Crippen LogP contribution in [0.5, 0.6) is 5.75 Å². The molecule has 1 aliphatic heterocycles. The van der Waals surface area contributed by atoms with Crippen LogP contribution in [0.25, 0.3) is 0 Å². The van der Waals surface area contributed by atoms with Crippen LogP contribution in [0.2, 0.25) is 0 Å². The molecule has 0 radical (unpaired) electrons. The standard InChI is InChI=1S/C26H28N2O4S/c1-3-32-24-10-6-20(7-11-24)16-26(29)27-23-9-8-21-14-15-28(18-22(21)17-23)33(30,31)25-12-4-19(2)5-13-25/h4-13,17H,3,14-16,18H2,1-2H3,(H,27,29). The number of fused-ring (bicyclic) bond motifs is 1. The Labute approximate surface area is 195 Å². The highest BCUT2D eigenvalue weighted by atomic mass is 32.2. The molecule has 3 aromatic carbocycles. The van der Waals surface area contributed by atoms with E-state index in [0.29, 0.717) is 30.2 Å². The van der Waals surface area contributed by atoms with Crippen LogP contribution in [0.1, 0.15) is 29.2 Å². The number of sulfonamides is 1. The van der Waals surface area contributed by atoms with Crippen LogP contribution in [0.15, 0.2) is 71.6 Å². The van der Waals surface area contributed by atoms with E-state index in [1.807, 2.05) is 68.4 Å². The minimum Gasteiger partial charge on any atom is -0.494 e. The van der Waals surface area contributed by atoms with Crippen molar-refractivity contribution in [3.63, 3.8) is 0 Å². The van der Waals surface area contributed by atoms with Gasteiger partial charge in [0.1, 0.15) is 5.75 Å². The number of amides is 1. The molecule has 4 rings (SSSR count). The Balaban J connectivity index is 1.44. The van der Waals surface area contributed by atoms with E-state index in [4.69, 9.17) is 4.74 Å². The summed E-state index contributed by atoms with van der Waals surface area (Å²) in [4.78, 5) is 12.9. The number of anilines is 1. The summed E-state index contributed by atoms with van der Waals surface area (Å²) in [5, 5.41) is 2.93. The summed E-state index contributed by atoms with van der Waals surface area (Å²) in [6.07, 6.45) is 0.887. The Kier molecular flexibility index (Phi) is 6.81. The lowest BCUT2D eigenvalue weighted by Gasteiger charge is -2.28. The number of carbonyl (C=O) groups is 1. The predicted molar refractivity (Wildman–Crippen MR) is 129 cm³/mol. The van der Waals surface area contributed by atoms with Crippen molar-refractivity contribution >= 4 is 21.6 Å².